The van der Waals surface area contributed by atoms with Crippen LogP contribution in [0.1, 0.15) is 47.6 Å². The Balaban J connectivity index is 1.35. The van der Waals surface area contributed by atoms with E-state index in [1.807, 2.05) is 17.0 Å². The number of piperidine rings is 3. The molecule has 1 aromatic heterocycles. The predicted molar refractivity (Wildman–Crippen MR) is 112 cm³/mol. The highest BCUT2D eigenvalue weighted by Gasteiger charge is 2.45. The normalized spacial score (nSPS) is 28.7. The molecule has 6 heteroatoms. The Kier molecular flexibility index (Phi) is 5.19. The smallest absolute Gasteiger partial charge is 0.256 e. The van der Waals surface area contributed by atoms with Gasteiger partial charge in [0.2, 0.25) is 0 Å². The average Bonchev–Trinajstić information content (AvgIpc) is 2.78. The van der Waals surface area contributed by atoms with Crippen LogP contribution in [0.5, 0.6) is 5.75 Å². The molecule has 0 radical (unpaired) electrons. The van der Waals surface area contributed by atoms with Crippen LogP contribution in [-0.4, -0.2) is 53.5 Å². The topological polar surface area (TPSA) is 45.7 Å². The average molecular weight is 410 g/mol. The van der Waals surface area contributed by atoms with Crippen LogP contribution in [-0.2, 0) is 0 Å². The third-order valence-corrected chi connectivity index (χ3v) is 7.18. The standard InChI is InChI=1S/C24H28FN3O2/c1-30-19-7-5-17(6-8-19)22-3-2-4-23-18-11-16(14-28(22)23)13-27(15-18)24(29)20-9-10-26-12-21(20)25/h5-10,12,16,18,22-23H,2-4,11,13-15H2,1H3/t16-,18+,22+,23-/m0/s1. The van der Waals surface area contributed by atoms with E-state index in [4.69, 9.17) is 4.74 Å². The summed E-state index contributed by atoms with van der Waals surface area (Å²) < 4.78 is 19.4. The van der Waals surface area contributed by atoms with Gasteiger partial charge in [-0.2, -0.15) is 0 Å². The zero-order valence-corrected chi connectivity index (χ0v) is 17.3. The molecule has 4 atom stereocenters. The fraction of sp³-hybridized carbons (Fsp3) is 0.500. The van der Waals surface area contributed by atoms with E-state index in [-0.39, 0.29) is 11.5 Å². The largest absolute Gasteiger partial charge is 0.497 e. The van der Waals surface area contributed by atoms with E-state index in [1.54, 1.807) is 7.11 Å². The zero-order valence-electron chi connectivity index (χ0n) is 17.3. The Morgan fingerprint density at radius 2 is 1.97 bits per heavy atom. The van der Waals surface area contributed by atoms with Gasteiger partial charge in [-0.3, -0.25) is 14.7 Å². The van der Waals surface area contributed by atoms with Gasteiger partial charge in [-0.1, -0.05) is 12.1 Å². The first-order chi connectivity index (χ1) is 14.6. The maximum atomic E-state index is 14.1. The Hall–Kier alpha value is -2.47. The molecule has 3 aliphatic rings. The lowest BCUT2D eigenvalue weighted by atomic mass is 9.74. The first-order valence-electron chi connectivity index (χ1n) is 10.9. The highest BCUT2D eigenvalue weighted by Crippen LogP contribution is 2.44. The summed E-state index contributed by atoms with van der Waals surface area (Å²) in [7, 11) is 1.70. The number of benzene rings is 1. The number of carbonyl (C=O) groups is 1. The van der Waals surface area contributed by atoms with Crippen molar-refractivity contribution in [1.82, 2.24) is 14.8 Å². The van der Waals surface area contributed by atoms with Crippen molar-refractivity contribution in [1.29, 1.82) is 0 Å². The van der Waals surface area contributed by atoms with Crippen molar-refractivity contribution in [2.75, 3.05) is 26.7 Å². The molecule has 0 aliphatic carbocycles. The molecular formula is C24H28FN3O2. The highest BCUT2D eigenvalue weighted by atomic mass is 19.1. The molecule has 1 aromatic carbocycles. The molecular weight excluding hydrogens is 381 g/mol. The van der Waals surface area contributed by atoms with Crippen molar-refractivity contribution in [3.8, 4) is 5.75 Å². The number of nitrogens with zero attached hydrogens (tertiary/aromatic N) is 3. The van der Waals surface area contributed by atoms with Crippen LogP contribution in [0.3, 0.4) is 0 Å². The van der Waals surface area contributed by atoms with Gasteiger partial charge in [-0.15, -0.1) is 0 Å². The summed E-state index contributed by atoms with van der Waals surface area (Å²) in [5.74, 6) is 1.05. The molecule has 2 bridgehead atoms. The molecule has 3 fully saturated rings. The van der Waals surface area contributed by atoms with Crippen LogP contribution in [0.15, 0.2) is 42.7 Å². The van der Waals surface area contributed by atoms with E-state index in [9.17, 15) is 9.18 Å². The number of fused-ring (bicyclic) bond motifs is 4. The van der Waals surface area contributed by atoms with E-state index < -0.39 is 5.82 Å². The summed E-state index contributed by atoms with van der Waals surface area (Å²) in [4.78, 5) is 21.3. The van der Waals surface area contributed by atoms with Gasteiger partial charge in [0, 0.05) is 37.9 Å². The number of hydrogen-bond donors (Lipinski definition) is 0. The van der Waals surface area contributed by atoms with Crippen LogP contribution < -0.4 is 4.74 Å². The number of methoxy groups -OCH3 is 1. The fourth-order valence-electron chi connectivity index (χ4n) is 5.88. The summed E-state index contributed by atoms with van der Waals surface area (Å²) in [6.45, 7) is 2.42. The number of likely N-dealkylation sites (tertiary alicyclic amines) is 1. The Morgan fingerprint density at radius 1 is 1.13 bits per heavy atom. The molecule has 0 spiro atoms. The van der Waals surface area contributed by atoms with E-state index in [1.165, 1.54) is 43.5 Å². The lowest BCUT2D eigenvalue weighted by Crippen LogP contribution is -2.60. The molecule has 5 rings (SSSR count). The molecule has 2 aromatic rings. The minimum atomic E-state index is -0.530. The second kappa shape index (κ2) is 7.99. The number of rotatable bonds is 3. The van der Waals surface area contributed by atoms with Crippen molar-refractivity contribution in [2.45, 2.75) is 37.8 Å². The van der Waals surface area contributed by atoms with Crippen molar-refractivity contribution < 1.29 is 13.9 Å². The highest BCUT2D eigenvalue weighted by molar-refractivity contribution is 5.94. The minimum Gasteiger partial charge on any atom is -0.497 e. The molecule has 0 N–H and O–H groups in total. The molecule has 158 valence electrons. The third-order valence-electron chi connectivity index (χ3n) is 7.18. The van der Waals surface area contributed by atoms with Crippen LogP contribution in [0.4, 0.5) is 4.39 Å². The van der Waals surface area contributed by atoms with Crippen LogP contribution >= 0.6 is 0 Å². The van der Waals surface area contributed by atoms with Gasteiger partial charge in [0.25, 0.3) is 5.91 Å². The second-order valence-electron chi connectivity index (χ2n) is 8.91. The number of pyridine rings is 1. The molecule has 3 saturated heterocycles. The number of aromatic nitrogens is 1. The van der Waals surface area contributed by atoms with Gasteiger partial charge in [0.15, 0.2) is 5.82 Å². The van der Waals surface area contributed by atoms with Gasteiger partial charge < -0.3 is 9.64 Å². The maximum Gasteiger partial charge on any atom is 0.256 e. The summed E-state index contributed by atoms with van der Waals surface area (Å²) in [6.07, 6.45) is 7.33. The number of amides is 1. The number of halogens is 1. The fourth-order valence-corrected chi connectivity index (χ4v) is 5.88. The van der Waals surface area contributed by atoms with Gasteiger partial charge in [-0.25, -0.2) is 4.39 Å². The van der Waals surface area contributed by atoms with E-state index >= 15 is 0 Å². The van der Waals surface area contributed by atoms with Gasteiger partial charge in [0.05, 0.1) is 18.9 Å². The SMILES string of the molecule is COc1ccc([C@H]2CCC[C@H]3[C@@H]4C[C@@H](CN(C(=O)c5ccncc5F)C4)CN23)cc1. The Labute approximate surface area is 176 Å². The van der Waals surface area contributed by atoms with Gasteiger partial charge in [0.1, 0.15) is 5.75 Å². The molecule has 0 unspecified atom stereocenters. The van der Waals surface area contributed by atoms with Gasteiger partial charge in [-0.05, 0) is 61.3 Å². The molecule has 1 amide bonds. The van der Waals surface area contributed by atoms with Gasteiger partial charge >= 0.3 is 0 Å². The second-order valence-corrected chi connectivity index (χ2v) is 8.91. The van der Waals surface area contributed by atoms with Crippen molar-refractivity contribution in [3.63, 3.8) is 0 Å². The van der Waals surface area contributed by atoms with E-state index in [0.29, 0.717) is 37.0 Å². The Morgan fingerprint density at radius 3 is 2.73 bits per heavy atom. The van der Waals surface area contributed by atoms with Crippen molar-refractivity contribution in [3.05, 3.63) is 59.7 Å². The molecule has 4 heterocycles. The summed E-state index contributed by atoms with van der Waals surface area (Å²) >= 11 is 0. The summed E-state index contributed by atoms with van der Waals surface area (Å²) in [5, 5.41) is 0. The van der Waals surface area contributed by atoms with Crippen LogP contribution in [0, 0.1) is 17.7 Å². The van der Waals surface area contributed by atoms with E-state index in [2.05, 4.69) is 22.0 Å². The predicted octanol–water partition coefficient (Wildman–Crippen LogP) is 3.92. The number of carbonyl (C=O) groups excluding carboxylic acids is 1. The minimum absolute atomic E-state index is 0.140. The number of hydrogen-bond acceptors (Lipinski definition) is 4. The van der Waals surface area contributed by atoms with Crippen LogP contribution in [0.2, 0.25) is 0 Å². The van der Waals surface area contributed by atoms with E-state index in [0.717, 1.165) is 18.5 Å². The summed E-state index contributed by atoms with van der Waals surface area (Å²) in [5.41, 5.74) is 1.49. The maximum absolute atomic E-state index is 14.1. The van der Waals surface area contributed by atoms with Crippen molar-refractivity contribution >= 4 is 5.91 Å². The number of ether oxygens (including phenoxy) is 1. The van der Waals surface area contributed by atoms with Crippen LogP contribution in [0.25, 0.3) is 0 Å². The molecule has 30 heavy (non-hydrogen) atoms. The molecule has 3 aliphatic heterocycles. The first kappa shape index (κ1) is 19.5. The lowest BCUT2D eigenvalue weighted by molar-refractivity contribution is -0.0512. The first-order valence-corrected chi connectivity index (χ1v) is 10.9. The zero-order chi connectivity index (χ0) is 20.7. The Bertz CT molecular complexity index is 919. The third kappa shape index (κ3) is 3.47. The molecule has 0 saturated carbocycles. The quantitative estimate of drug-likeness (QED) is 0.771. The lowest BCUT2D eigenvalue weighted by Gasteiger charge is -2.55. The monoisotopic (exact) mass is 409 g/mol. The summed E-state index contributed by atoms with van der Waals surface area (Å²) in [6, 6.07) is 10.9. The van der Waals surface area contributed by atoms with Crippen molar-refractivity contribution in [2.24, 2.45) is 11.8 Å². The molecule has 5 nitrogen and oxygen atoms in total.